The monoisotopic (exact) mass is 281 g/mol. The van der Waals surface area contributed by atoms with Crippen molar-refractivity contribution in [2.75, 3.05) is 18.0 Å². The zero-order valence-corrected chi connectivity index (χ0v) is 13.4. The molecule has 0 aromatic carbocycles. The molecule has 1 aromatic heterocycles. The predicted molar refractivity (Wildman–Crippen MR) is 83.5 cm³/mol. The minimum Gasteiger partial charge on any atom is -0.354 e. The highest BCUT2D eigenvalue weighted by molar-refractivity contribution is 5.43. The fourth-order valence-electron chi connectivity index (χ4n) is 2.01. The summed E-state index contributed by atoms with van der Waals surface area (Å²) in [5.74, 6) is 0.829. The minimum atomic E-state index is -0.189. The molecule has 0 aliphatic carbocycles. The smallest absolute Gasteiger partial charge is 0.170 e. The average molecular weight is 281 g/mol. The van der Waals surface area contributed by atoms with Crippen molar-refractivity contribution in [1.29, 1.82) is 0 Å². The number of aromatic nitrogens is 1. The summed E-state index contributed by atoms with van der Waals surface area (Å²) < 4.78 is 14.6. The van der Waals surface area contributed by atoms with Crippen LogP contribution in [0.25, 0.3) is 0 Å². The first-order chi connectivity index (χ1) is 9.49. The molecule has 0 saturated carbocycles. The topological polar surface area (TPSA) is 28.2 Å². The number of halogens is 1. The lowest BCUT2D eigenvalue weighted by atomic mass is 10.1. The lowest BCUT2D eigenvalue weighted by molar-refractivity contribution is 0.522. The van der Waals surface area contributed by atoms with Gasteiger partial charge in [-0.1, -0.05) is 34.1 Å². The van der Waals surface area contributed by atoms with Crippen LogP contribution < -0.4 is 10.2 Å². The molecule has 20 heavy (non-hydrogen) atoms. The molecule has 0 bridgehead atoms. The molecule has 1 heterocycles. The largest absolute Gasteiger partial charge is 0.354 e. The number of nitrogens with zero attached hydrogens (tertiary/aromatic N) is 2. The van der Waals surface area contributed by atoms with Crippen molar-refractivity contribution in [1.82, 2.24) is 10.3 Å². The normalized spacial score (nSPS) is 12.8. The Kier molecular flexibility index (Phi) is 6.93. The lowest BCUT2D eigenvalue weighted by Crippen LogP contribution is -2.30. The summed E-state index contributed by atoms with van der Waals surface area (Å²) in [6, 6.07) is 2.10. The molecular weight excluding hydrogens is 253 g/mol. The fraction of sp³-hybridized carbons (Fsp3) is 0.688. The van der Waals surface area contributed by atoms with E-state index < -0.39 is 0 Å². The van der Waals surface area contributed by atoms with Crippen LogP contribution in [-0.2, 0) is 6.54 Å². The van der Waals surface area contributed by atoms with Crippen LogP contribution in [0.2, 0.25) is 0 Å². The Morgan fingerprint density at radius 3 is 2.55 bits per heavy atom. The predicted octanol–water partition coefficient (Wildman–Crippen LogP) is 3.59. The number of nitrogens with one attached hydrogen (secondary N) is 1. The summed E-state index contributed by atoms with van der Waals surface area (Å²) in [4.78, 5) is 6.28. The summed E-state index contributed by atoms with van der Waals surface area (Å²) in [7, 11) is 0. The zero-order valence-electron chi connectivity index (χ0n) is 13.4. The van der Waals surface area contributed by atoms with Crippen molar-refractivity contribution < 1.29 is 4.39 Å². The van der Waals surface area contributed by atoms with Crippen molar-refractivity contribution in [3.05, 3.63) is 23.6 Å². The molecule has 3 nitrogen and oxygen atoms in total. The molecule has 114 valence electrons. The van der Waals surface area contributed by atoms with Gasteiger partial charge < -0.3 is 10.2 Å². The Labute approximate surface area is 122 Å². The van der Waals surface area contributed by atoms with E-state index in [0.29, 0.717) is 29.9 Å². The summed E-state index contributed by atoms with van der Waals surface area (Å²) >= 11 is 0. The molecular formula is C16H28FN3. The number of hydrogen-bond donors (Lipinski definition) is 1. The molecule has 0 amide bonds. The van der Waals surface area contributed by atoms with E-state index in [1.54, 1.807) is 12.3 Å². The maximum absolute atomic E-state index is 14.6. The van der Waals surface area contributed by atoms with Gasteiger partial charge in [-0.2, -0.15) is 0 Å². The first kappa shape index (κ1) is 16.9. The summed E-state index contributed by atoms with van der Waals surface area (Å²) in [5, 5.41) is 3.25. The molecule has 0 radical (unpaired) electrons. The fourth-order valence-corrected chi connectivity index (χ4v) is 2.01. The second kappa shape index (κ2) is 8.20. The van der Waals surface area contributed by atoms with Crippen LogP contribution >= 0.6 is 0 Å². The molecule has 0 spiro atoms. The maximum atomic E-state index is 14.6. The van der Waals surface area contributed by atoms with Gasteiger partial charge in [0.1, 0.15) is 0 Å². The molecule has 0 aliphatic heterocycles. The van der Waals surface area contributed by atoms with Gasteiger partial charge in [-0.15, -0.1) is 0 Å². The quantitative estimate of drug-likeness (QED) is 0.789. The lowest BCUT2D eigenvalue weighted by Gasteiger charge is -2.26. The maximum Gasteiger partial charge on any atom is 0.170 e. The molecule has 1 aromatic rings. The van der Waals surface area contributed by atoms with E-state index in [-0.39, 0.29) is 5.82 Å². The van der Waals surface area contributed by atoms with Crippen LogP contribution in [0.5, 0.6) is 0 Å². The Hall–Kier alpha value is -1.16. The Balaban J connectivity index is 2.90. The van der Waals surface area contributed by atoms with Crippen LogP contribution in [0.3, 0.4) is 0 Å². The highest BCUT2D eigenvalue weighted by Gasteiger charge is 2.16. The highest BCUT2D eigenvalue weighted by Crippen LogP contribution is 2.21. The Bertz CT molecular complexity index is 407. The third-order valence-electron chi connectivity index (χ3n) is 3.56. The SMILES string of the molecule is CCC(C)CN(CC)c1nccc(CNC(C)C)c1F. The van der Waals surface area contributed by atoms with Crippen molar-refractivity contribution in [2.45, 2.75) is 53.6 Å². The average Bonchev–Trinajstić information content (AvgIpc) is 2.43. The Morgan fingerprint density at radius 1 is 1.30 bits per heavy atom. The third-order valence-corrected chi connectivity index (χ3v) is 3.56. The van der Waals surface area contributed by atoms with Crippen molar-refractivity contribution in [2.24, 2.45) is 5.92 Å². The van der Waals surface area contributed by atoms with Crippen LogP contribution in [0, 0.1) is 11.7 Å². The first-order valence-electron chi connectivity index (χ1n) is 7.61. The number of pyridine rings is 1. The summed E-state index contributed by atoms with van der Waals surface area (Å²) in [5.41, 5.74) is 0.686. The van der Waals surface area contributed by atoms with Gasteiger partial charge in [0.25, 0.3) is 0 Å². The third kappa shape index (κ3) is 4.75. The molecule has 1 rings (SSSR count). The van der Waals surface area contributed by atoms with Gasteiger partial charge in [0.2, 0.25) is 0 Å². The standard InChI is InChI=1S/C16H28FN3/c1-6-13(5)11-20(7-2)16-15(17)14(8-9-18-16)10-19-12(3)4/h8-9,12-13,19H,6-7,10-11H2,1-5H3. The van der Waals surface area contributed by atoms with Gasteiger partial charge >= 0.3 is 0 Å². The molecule has 0 fully saturated rings. The van der Waals surface area contributed by atoms with Crippen LogP contribution in [0.15, 0.2) is 12.3 Å². The van der Waals surface area contributed by atoms with Crippen LogP contribution in [-0.4, -0.2) is 24.1 Å². The van der Waals surface area contributed by atoms with E-state index in [2.05, 4.69) is 38.0 Å². The number of rotatable bonds is 8. The summed E-state index contributed by atoms with van der Waals surface area (Å²) in [6.45, 7) is 12.7. The van der Waals surface area contributed by atoms with Crippen molar-refractivity contribution in [3.63, 3.8) is 0 Å². The van der Waals surface area contributed by atoms with E-state index in [1.807, 2.05) is 11.8 Å². The van der Waals surface area contributed by atoms with Crippen molar-refractivity contribution in [3.8, 4) is 0 Å². The molecule has 0 saturated heterocycles. The Morgan fingerprint density at radius 2 is 2.00 bits per heavy atom. The van der Waals surface area contributed by atoms with E-state index in [1.165, 1.54) is 0 Å². The second-order valence-electron chi connectivity index (χ2n) is 5.70. The molecule has 0 aliphatic rings. The van der Waals surface area contributed by atoms with Crippen LogP contribution in [0.1, 0.15) is 46.6 Å². The van der Waals surface area contributed by atoms with Crippen molar-refractivity contribution >= 4 is 5.82 Å². The van der Waals surface area contributed by atoms with Gasteiger partial charge in [-0.05, 0) is 18.9 Å². The zero-order chi connectivity index (χ0) is 15.1. The van der Waals surface area contributed by atoms with Gasteiger partial charge in [-0.25, -0.2) is 9.37 Å². The van der Waals surface area contributed by atoms with E-state index in [0.717, 1.165) is 19.5 Å². The molecule has 4 heteroatoms. The molecule has 1 N–H and O–H groups in total. The second-order valence-corrected chi connectivity index (χ2v) is 5.70. The highest BCUT2D eigenvalue weighted by atomic mass is 19.1. The van der Waals surface area contributed by atoms with E-state index in [9.17, 15) is 4.39 Å². The minimum absolute atomic E-state index is 0.189. The van der Waals surface area contributed by atoms with E-state index >= 15 is 0 Å². The number of hydrogen-bond acceptors (Lipinski definition) is 3. The van der Waals surface area contributed by atoms with Crippen LogP contribution in [0.4, 0.5) is 10.2 Å². The number of anilines is 1. The van der Waals surface area contributed by atoms with Gasteiger partial charge in [0.05, 0.1) is 0 Å². The first-order valence-corrected chi connectivity index (χ1v) is 7.61. The molecule has 1 atom stereocenters. The summed E-state index contributed by atoms with van der Waals surface area (Å²) in [6.07, 6.45) is 2.79. The molecule has 1 unspecified atom stereocenters. The van der Waals surface area contributed by atoms with Gasteiger partial charge in [0.15, 0.2) is 11.6 Å². The van der Waals surface area contributed by atoms with Gasteiger partial charge in [-0.3, -0.25) is 0 Å². The van der Waals surface area contributed by atoms with E-state index in [4.69, 9.17) is 0 Å². The van der Waals surface area contributed by atoms with Gasteiger partial charge in [0, 0.05) is 37.4 Å².